The molecule has 1 rings (SSSR count). The molecule has 3 nitrogen and oxygen atoms in total. The van der Waals surface area contributed by atoms with Crippen molar-refractivity contribution in [2.24, 2.45) is 0 Å². The molecule has 0 aromatic carbocycles. The van der Waals surface area contributed by atoms with E-state index in [1.54, 1.807) is 11.9 Å². The first-order chi connectivity index (χ1) is 3.72. The second-order valence-corrected chi connectivity index (χ2v) is 2.15. The zero-order valence-electron chi connectivity index (χ0n) is 5.14. The van der Waals surface area contributed by atoms with Gasteiger partial charge in [-0.3, -0.25) is 0 Å². The number of amides is 2. The van der Waals surface area contributed by atoms with E-state index in [1.165, 1.54) is 0 Å². The normalized spacial score (nSPS) is 28.5. The highest BCUT2D eigenvalue weighted by atomic mass is 16.2. The number of nitrogens with zero attached hydrogens (tertiary/aromatic N) is 1. The van der Waals surface area contributed by atoms with Crippen LogP contribution >= 0.6 is 0 Å². The van der Waals surface area contributed by atoms with Crippen molar-refractivity contribution in [3.05, 3.63) is 0 Å². The second-order valence-electron chi connectivity index (χ2n) is 2.15. The first-order valence-corrected chi connectivity index (χ1v) is 2.72. The number of urea groups is 1. The minimum atomic E-state index is 0.0394. The molecule has 1 heterocycles. The molecule has 1 aliphatic rings. The molecular formula is C5H10N2O. The molecule has 1 N–H and O–H groups in total. The van der Waals surface area contributed by atoms with Crippen LogP contribution in [0.25, 0.3) is 0 Å². The summed E-state index contributed by atoms with van der Waals surface area (Å²) in [6.45, 7) is 2.80. The Kier molecular flexibility index (Phi) is 1.12. The van der Waals surface area contributed by atoms with Gasteiger partial charge in [-0.15, -0.1) is 0 Å². The lowest BCUT2D eigenvalue weighted by Gasteiger charge is -2.10. The predicted octanol–water partition coefficient (Wildman–Crippen LogP) is 0.0299. The van der Waals surface area contributed by atoms with E-state index >= 15 is 0 Å². The molecule has 1 atom stereocenters. The molecule has 1 fully saturated rings. The van der Waals surface area contributed by atoms with E-state index in [1.807, 2.05) is 6.92 Å². The molecule has 2 amide bonds. The van der Waals surface area contributed by atoms with Gasteiger partial charge >= 0.3 is 6.03 Å². The zero-order chi connectivity index (χ0) is 6.15. The fourth-order valence-electron chi connectivity index (χ4n) is 0.697. The van der Waals surface area contributed by atoms with Gasteiger partial charge in [0.05, 0.1) is 0 Å². The molecule has 0 aliphatic carbocycles. The van der Waals surface area contributed by atoms with Crippen LogP contribution in [0.4, 0.5) is 4.79 Å². The van der Waals surface area contributed by atoms with E-state index < -0.39 is 0 Å². The van der Waals surface area contributed by atoms with Crippen molar-refractivity contribution in [3.8, 4) is 0 Å². The van der Waals surface area contributed by atoms with E-state index in [0.29, 0.717) is 6.04 Å². The fourth-order valence-corrected chi connectivity index (χ4v) is 0.697. The summed E-state index contributed by atoms with van der Waals surface area (Å²) in [6.07, 6.45) is 0. The average Bonchev–Trinajstić information content (AvgIpc) is 1.98. The van der Waals surface area contributed by atoms with Gasteiger partial charge < -0.3 is 10.2 Å². The molecule has 0 aromatic rings. The van der Waals surface area contributed by atoms with Crippen molar-refractivity contribution >= 4 is 6.03 Å². The molecule has 0 radical (unpaired) electrons. The summed E-state index contributed by atoms with van der Waals surface area (Å²) >= 11 is 0. The van der Waals surface area contributed by atoms with Gasteiger partial charge in [-0.25, -0.2) is 4.79 Å². The maximum atomic E-state index is 10.6. The summed E-state index contributed by atoms with van der Waals surface area (Å²) in [7, 11) is 1.80. The number of hydrogen-bond acceptors (Lipinski definition) is 1. The van der Waals surface area contributed by atoms with E-state index in [4.69, 9.17) is 0 Å². The monoisotopic (exact) mass is 114 g/mol. The third-order valence-electron chi connectivity index (χ3n) is 1.53. The van der Waals surface area contributed by atoms with Gasteiger partial charge in [-0.05, 0) is 6.92 Å². The molecule has 0 unspecified atom stereocenters. The van der Waals surface area contributed by atoms with E-state index in [9.17, 15) is 4.79 Å². The largest absolute Gasteiger partial charge is 0.336 e. The summed E-state index contributed by atoms with van der Waals surface area (Å²) in [5.74, 6) is 0. The van der Waals surface area contributed by atoms with E-state index in [2.05, 4.69) is 5.32 Å². The highest BCUT2D eigenvalue weighted by Crippen LogP contribution is 2.00. The smallest absolute Gasteiger partial charge is 0.317 e. The molecule has 8 heavy (non-hydrogen) atoms. The maximum Gasteiger partial charge on any atom is 0.317 e. The van der Waals surface area contributed by atoms with Crippen LogP contribution in [-0.4, -0.2) is 30.6 Å². The van der Waals surface area contributed by atoms with Gasteiger partial charge in [0.2, 0.25) is 0 Å². The predicted molar refractivity (Wildman–Crippen MR) is 30.6 cm³/mol. The molecule has 1 aliphatic heterocycles. The second kappa shape index (κ2) is 1.65. The summed E-state index contributed by atoms with van der Waals surface area (Å²) in [4.78, 5) is 12.3. The van der Waals surface area contributed by atoms with Crippen LogP contribution < -0.4 is 5.32 Å². The molecule has 0 bridgehead atoms. The van der Waals surface area contributed by atoms with Crippen LogP contribution in [0.1, 0.15) is 6.92 Å². The van der Waals surface area contributed by atoms with Crippen LogP contribution in [0.3, 0.4) is 0 Å². The van der Waals surface area contributed by atoms with Gasteiger partial charge in [0.1, 0.15) is 0 Å². The Hall–Kier alpha value is -0.730. The number of carbonyl (C=O) groups is 1. The van der Waals surface area contributed by atoms with Crippen molar-refractivity contribution in [3.63, 3.8) is 0 Å². The van der Waals surface area contributed by atoms with E-state index in [-0.39, 0.29) is 6.03 Å². The number of rotatable bonds is 0. The number of carbonyl (C=O) groups excluding carboxylic acids is 1. The Morgan fingerprint density at radius 3 is 2.62 bits per heavy atom. The summed E-state index contributed by atoms with van der Waals surface area (Å²) in [5.41, 5.74) is 0. The van der Waals surface area contributed by atoms with Gasteiger partial charge in [-0.1, -0.05) is 0 Å². The van der Waals surface area contributed by atoms with Crippen LogP contribution in [0.15, 0.2) is 0 Å². The van der Waals surface area contributed by atoms with Gasteiger partial charge in [0.25, 0.3) is 0 Å². The Morgan fingerprint density at radius 2 is 2.50 bits per heavy atom. The lowest BCUT2D eigenvalue weighted by atomic mass is 10.3. The molecule has 0 aromatic heterocycles. The van der Waals surface area contributed by atoms with Crippen molar-refractivity contribution in [2.75, 3.05) is 13.6 Å². The van der Waals surface area contributed by atoms with Crippen molar-refractivity contribution < 1.29 is 4.79 Å². The number of likely N-dealkylation sites (N-methyl/N-ethyl adjacent to an activating group) is 1. The topological polar surface area (TPSA) is 32.3 Å². The molecule has 3 heteroatoms. The quantitative estimate of drug-likeness (QED) is 0.473. The number of nitrogens with one attached hydrogen (secondary N) is 1. The van der Waals surface area contributed by atoms with Gasteiger partial charge in [0, 0.05) is 19.6 Å². The first kappa shape index (κ1) is 5.41. The minimum Gasteiger partial charge on any atom is -0.336 e. The average molecular weight is 114 g/mol. The maximum absolute atomic E-state index is 10.6. The standard InChI is InChI=1S/C5H10N2O/c1-4-3-6-5(8)7(4)2/h4H,3H2,1-2H3,(H,6,8)/t4-/m0/s1. The number of hydrogen-bond donors (Lipinski definition) is 1. The van der Waals surface area contributed by atoms with Crippen LogP contribution in [0.2, 0.25) is 0 Å². The van der Waals surface area contributed by atoms with Gasteiger partial charge in [0.15, 0.2) is 0 Å². The third-order valence-corrected chi connectivity index (χ3v) is 1.53. The highest BCUT2D eigenvalue weighted by Gasteiger charge is 2.21. The fraction of sp³-hybridized carbons (Fsp3) is 0.800. The van der Waals surface area contributed by atoms with Crippen molar-refractivity contribution in [2.45, 2.75) is 13.0 Å². The Labute approximate surface area is 48.7 Å². The highest BCUT2D eigenvalue weighted by molar-refractivity contribution is 5.76. The lowest BCUT2D eigenvalue weighted by molar-refractivity contribution is 0.218. The third kappa shape index (κ3) is 0.638. The molecule has 0 spiro atoms. The molecule has 1 saturated heterocycles. The van der Waals surface area contributed by atoms with Crippen molar-refractivity contribution in [1.29, 1.82) is 0 Å². The molecule has 46 valence electrons. The Balaban J connectivity index is 2.56. The zero-order valence-corrected chi connectivity index (χ0v) is 5.14. The Morgan fingerprint density at radius 1 is 1.88 bits per heavy atom. The summed E-state index contributed by atoms with van der Waals surface area (Å²) in [5, 5.41) is 2.71. The minimum absolute atomic E-state index is 0.0394. The molecular weight excluding hydrogens is 104 g/mol. The van der Waals surface area contributed by atoms with Crippen LogP contribution in [-0.2, 0) is 0 Å². The van der Waals surface area contributed by atoms with E-state index in [0.717, 1.165) is 6.54 Å². The van der Waals surface area contributed by atoms with Gasteiger partial charge in [-0.2, -0.15) is 0 Å². The van der Waals surface area contributed by atoms with Crippen LogP contribution in [0.5, 0.6) is 0 Å². The summed E-state index contributed by atoms with van der Waals surface area (Å²) in [6, 6.07) is 0.403. The van der Waals surface area contributed by atoms with Crippen molar-refractivity contribution in [1.82, 2.24) is 10.2 Å². The SMILES string of the molecule is C[C@H]1CNC(=O)N1C. The Bertz CT molecular complexity index is 113. The lowest BCUT2D eigenvalue weighted by Crippen LogP contribution is -2.27. The molecule has 0 saturated carbocycles. The first-order valence-electron chi connectivity index (χ1n) is 2.72. The summed E-state index contributed by atoms with van der Waals surface area (Å²) < 4.78 is 0. The van der Waals surface area contributed by atoms with Crippen LogP contribution in [0, 0.1) is 0 Å².